The predicted molar refractivity (Wildman–Crippen MR) is 121 cm³/mol. The highest BCUT2D eigenvalue weighted by atomic mass is 35.5. The first kappa shape index (κ1) is 19.3. The molecule has 0 N–H and O–H groups in total. The van der Waals surface area contributed by atoms with Crippen LogP contribution in [0.5, 0.6) is 0 Å². The first-order valence-electron chi connectivity index (χ1n) is 10.1. The molecule has 5 heteroatoms. The lowest BCUT2D eigenvalue weighted by Gasteiger charge is -2.39. The summed E-state index contributed by atoms with van der Waals surface area (Å²) in [5.41, 5.74) is 2.97. The molecule has 1 aliphatic carbocycles. The monoisotopic (exact) mass is 435 g/mol. The minimum atomic E-state index is -0.410. The lowest BCUT2D eigenvalue weighted by molar-refractivity contribution is -0.119. The summed E-state index contributed by atoms with van der Waals surface area (Å²) in [4.78, 5) is 28.4. The molecule has 3 aromatic rings. The summed E-state index contributed by atoms with van der Waals surface area (Å²) in [7, 11) is 0. The Morgan fingerprint density at radius 1 is 0.833 bits per heavy atom. The molecule has 0 bridgehead atoms. The Kier molecular flexibility index (Phi) is 4.88. The lowest BCUT2D eigenvalue weighted by Crippen LogP contribution is -2.40. The molecule has 150 valence electrons. The molecule has 1 heterocycles. The number of nitrogens with zero attached hydrogens (tertiary/aromatic N) is 1. The van der Waals surface area contributed by atoms with Gasteiger partial charge in [0.15, 0.2) is 5.78 Å². The Hall–Kier alpha value is -2.62. The molecule has 30 heavy (non-hydrogen) atoms. The van der Waals surface area contributed by atoms with Crippen LogP contribution >= 0.6 is 23.2 Å². The summed E-state index contributed by atoms with van der Waals surface area (Å²) < 4.78 is 0. The zero-order chi connectivity index (χ0) is 20.8. The van der Waals surface area contributed by atoms with Gasteiger partial charge in [0, 0.05) is 45.5 Å². The van der Waals surface area contributed by atoms with Gasteiger partial charge in [0.1, 0.15) is 0 Å². The molecule has 1 unspecified atom stereocenters. The smallest absolute Gasteiger partial charge is 0.232 e. The van der Waals surface area contributed by atoms with Crippen LogP contribution in [-0.4, -0.2) is 11.7 Å². The van der Waals surface area contributed by atoms with Crippen LogP contribution < -0.4 is 4.90 Å². The van der Waals surface area contributed by atoms with Gasteiger partial charge in [-0.25, -0.2) is 0 Å². The molecule has 3 aromatic carbocycles. The van der Waals surface area contributed by atoms with E-state index >= 15 is 0 Å². The van der Waals surface area contributed by atoms with Crippen LogP contribution in [0.15, 0.2) is 71.9 Å². The maximum atomic E-state index is 13.5. The fraction of sp³-hybridized carbons (Fsp3) is 0.200. The van der Waals surface area contributed by atoms with Crippen molar-refractivity contribution in [2.75, 3.05) is 4.90 Å². The molecular weight excluding hydrogens is 417 g/mol. The van der Waals surface area contributed by atoms with Crippen molar-refractivity contribution in [2.24, 2.45) is 0 Å². The summed E-state index contributed by atoms with van der Waals surface area (Å²) in [6.07, 6.45) is 2.05. The Bertz CT molecular complexity index is 1210. The fourth-order valence-corrected chi connectivity index (χ4v) is 5.43. The second kappa shape index (κ2) is 7.57. The van der Waals surface area contributed by atoms with Crippen molar-refractivity contribution in [3.05, 3.63) is 87.5 Å². The van der Waals surface area contributed by atoms with Crippen LogP contribution in [0.3, 0.4) is 0 Å². The average molecular weight is 436 g/mol. The van der Waals surface area contributed by atoms with Crippen molar-refractivity contribution < 1.29 is 9.59 Å². The molecule has 0 saturated carbocycles. The number of anilines is 1. The van der Waals surface area contributed by atoms with Gasteiger partial charge in [-0.15, -0.1) is 0 Å². The number of hydrogen-bond acceptors (Lipinski definition) is 2. The van der Waals surface area contributed by atoms with E-state index in [1.54, 1.807) is 23.1 Å². The number of hydrogen-bond donors (Lipinski definition) is 0. The third-order valence-corrected chi connectivity index (χ3v) is 6.69. The van der Waals surface area contributed by atoms with E-state index in [2.05, 4.69) is 0 Å². The van der Waals surface area contributed by atoms with Crippen molar-refractivity contribution in [2.45, 2.75) is 31.6 Å². The quantitative estimate of drug-likeness (QED) is 0.450. The lowest BCUT2D eigenvalue weighted by atomic mass is 9.77. The Labute approximate surface area is 184 Å². The molecular formula is C25H19Cl2NO2. The van der Waals surface area contributed by atoms with Gasteiger partial charge in [0.05, 0.1) is 5.69 Å². The number of carbonyl (C=O) groups excluding carboxylic acids is 2. The van der Waals surface area contributed by atoms with E-state index in [0.717, 1.165) is 28.6 Å². The van der Waals surface area contributed by atoms with Gasteiger partial charge >= 0.3 is 0 Å². The van der Waals surface area contributed by atoms with Crippen molar-refractivity contribution in [3.63, 3.8) is 0 Å². The van der Waals surface area contributed by atoms with Crippen molar-refractivity contribution in [1.82, 2.24) is 0 Å². The number of rotatable bonds is 2. The minimum Gasteiger partial charge on any atom is -0.294 e. The van der Waals surface area contributed by atoms with Gasteiger partial charge in [-0.3, -0.25) is 14.5 Å². The number of fused-ring (bicyclic) bond motifs is 1. The van der Waals surface area contributed by atoms with E-state index in [4.69, 9.17) is 23.2 Å². The Morgan fingerprint density at radius 2 is 1.53 bits per heavy atom. The molecule has 2 aliphatic rings. The summed E-state index contributed by atoms with van der Waals surface area (Å²) in [6.45, 7) is 0. The number of amides is 1. The number of halogens is 2. The van der Waals surface area contributed by atoms with Crippen molar-refractivity contribution in [3.8, 4) is 0 Å². The third kappa shape index (κ3) is 3.05. The minimum absolute atomic E-state index is 0.0409. The average Bonchev–Trinajstić information content (AvgIpc) is 2.73. The van der Waals surface area contributed by atoms with Crippen LogP contribution in [0.2, 0.25) is 10.0 Å². The number of ketones is 1. The van der Waals surface area contributed by atoms with Gasteiger partial charge in [0.2, 0.25) is 5.91 Å². The second-order valence-electron chi connectivity index (χ2n) is 7.76. The SMILES string of the molecule is O=C1CCCC2=C1C(c1c(Cl)cccc1Cl)CC(=O)N2c1cccc2ccccc12. The highest BCUT2D eigenvalue weighted by Gasteiger charge is 2.41. The summed E-state index contributed by atoms with van der Waals surface area (Å²) in [5.74, 6) is -0.372. The summed E-state index contributed by atoms with van der Waals surface area (Å²) in [6, 6.07) is 19.2. The first-order valence-corrected chi connectivity index (χ1v) is 10.8. The van der Waals surface area contributed by atoms with Crippen molar-refractivity contribution >= 4 is 51.4 Å². The highest BCUT2D eigenvalue weighted by Crippen LogP contribution is 2.47. The zero-order valence-electron chi connectivity index (χ0n) is 16.2. The topological polar surface area (TPSA) is 37.4 Å². The van der Waals surface area contributed by atoms with E-state index in [0.29, 0.717) is 34.0 Å². The van der Waals surface area contributed by atoms with Gasteiger partial charge in [-0.2, -0.15) is 0 Å². The van der Waals surface area contributed by atoms with E-state index in [-0.39, 0.29) is 18.1 Å². The van der Waals surface area contributed by atoms with Crippen LogP contribution in [-0.2, 0) is 9.59 Å². The van der Waals surface area contributed by atoms with Gasteiger partial charge in [-0.1, -0.05) is 65.7 Å². The second-order valence-corrected chi connectivity index (χ2v) is 8.57. The Morgan fingerprint density at radius 3 is 2.33 bits per heavy atom. The molecule has 5 rings (SSSR count). The largest absolute Gasteiger partial charge is 0.294 e. The maximum absolute atomic E-state index is 13.5. The van der Waals surface area contributed by atoms with Crippen LogP contribution in [0.4, 0.5) is 5.69 Å². The van der Waals surface area contributed by atoms with E-state index in [1.165, 1.54) is 0 Å². The first-order chi connectivity index (χ1) is 14.6. The standard InChI is InChI=1S/C25H19Cl2NO2/c26-18-9-4-10-19(27)24(18)17-14-23(30)28(21-12-5-13-22(29)25(17)21)20-11-3-7-15-6-1-2-8-16(15)20/h1-4,6-11,17H,5,12-14H2. The Balaban J connectivity index is 1.75. The van der Waals surface area contributed by atoms with Gasteiger partial charge in [-0.05, 0) is 42.0 Å². The molecule has 0 saturated heterocycles. The zero-order valence-corrected chi connectivity index (χ0v) is 17.7. The fourth-order valence-electron chi connectivity index (χ4n) is 4.77. The summed E-state index contributed by atoms with van der Waals surface area (Å²) >= 11 is 13.0. The molecule has 0 spiro atoms. The number of benzene rings is 3. The van der Waals surface area contributed by atoms with Crippen LogP contribution in [0, 0.1) is 0 Å². The molecule has 0 aromatic heterocycles. The molecule has 1 atom stereocenters. The highest BCUT2D eigenvalue weighted by molar-refractivity contribution is 6.36. The summed E-state index contributed by atoms with van der Waals surface area (Å²) in [5, 5.41) is 3.03. The maximum Gasteiger partial charge on any atom is 0.232 e. The predicted octanol–water partition coefficient (Wildman–Crippen LogP) is 6.67. The number of allylic oxidation sites excluding steroid dienone is 2. The van der Waals surface area contributed by atoms with E-state index < -0.39 is 5.92 Å². The van der Waals surface area contributed by atoms with Gasteiger partial charge < -0.3 is 0 Å². The normalized spacial score (nSPS) is 19.4. The van der Waals surface area contributed by atoms with Gasteiger partial charge in [0.25, 0.3) is 0 Å². The van der Waals surface area contributed by atoms with Crippen LogP contribution in [0.25, 0.3) is 10.8 Å². The number of carbonyl (C=O) groups is 2. The van der Waals surface area contributed by atoms with E-state index in [1.807, 2.05) is 42.5 Å². The molecule has 3 nitrogen and oxygen atoms in total. The molecule has 1 aliphatic heterocycles. The molecule has 0 fully saturated rings. The third-order valence-electron chi connectivity index (χ3n) is 6.03. The van der Waals surface area contributed by atoms with E-state index in [9.17, 15) is 9.59 Å². The molecule has 0 radical (unpaired) electrons. The number of Topliss-reactive ketones (excluding diaryl/α,β-unsaturated/α-hetero) is 1. The molecule has 1 amide bonds. The van der Waals surface area contributed by atoms with Crippen molar-refractivity contribution in [1.29, 1.82) is 0 Å². The van der Waals surface area contributed by atoms with Crippen LogP contribution in [0.1, 0.15) is 37.2 Å².